The van der Waals surface area contributed by atoms with Crippen LogP contribution in [0.5, 0.6) is 0 Å². The van der Waals surface area contributed by atoms with Gasteiger partial charge in [0.1, 0.15) is 12.2 Å². The van der Waals surface area contributed by atoms with E-state index in [-0.39, 0.29) is 91.9 Å². The maximum atomic E-state index is 10.3. The zero-order valence-electron chi connectivity index (χ0n) is 48.7. The lowest BCUT2D eigenvalue weighted by atomic mass is 9.79. The number of aliphatic hydroxyl groups excluding tert-OH is 1. The molecule has 0 unspecified atom stereocenters. The molecule has 11 nitrogen and oxygen atoms in total. The summed E-state index contributed by atoms with van der Waals surface area (Å²) >= 11 is 0. The lowest BCUT2D eigenvalue weighted by Gasteiger charge is -2.56. The molecule has 0 amide bonds. The maximum Gasteiger partial charge on any atom is 0.192 e. The van der Waals surface area contributed by atoms with Gasteiger partial charge in [-0.2, -0.15) is 0 Å². The summed E-state index contributed by atoms with van der Waals surface area (Å²) < 4.78 is 74.7. The van der Waals surface area contributed by atoms with Crippen molar-refractivity contribution in [3.63, 3.8) is 0 Å². The minimum Gasteiger partial charge on any atom is -0.411 e. The molecule has 6 saturated heterocycles. The number of aliphatic hydroxyl groups is 1. The van der Waals surface area contributed by atoms with Crippen LogP contribution in [0.1, 0.15) is 175 Å². The second kappa shape index (κ2) is 25.0. The molecule has 0 radical (unpaired) electrons. The summed E-state index contributed by atoms with van der Waals surface area (Å²) in [5.41, 5.74) is -1.68. The highest BCUT2D eigenvalue weighted by molar-refractivity contribution is 6.74. The van der Waals surface area contributed by atoms with Gasteiger partial charge in [0.05, 0.1) is 83.9 Å². The molecular weight excluding hydrogens is 961 g/mol. The molecule has 416 valence electrons. The third-order valence-electron chi connectivity index (χ3n) is 21.0. The molecule has 6 heterocycles. The van der Waals surface area contributed by atoms with Crippen molar-refractivity contribution in [2.45, 2.75) is 344 Å². The number of ether oxygens (including phenoxy) is 6. The Hall–Kier alpha value is 0.428. The van der Waals surface area contributed by atoms with E-state index in [1.807, 2.05) is 0 Å². The largest absolute Gasteiger partial charge is 0.411 e. The Morgan fingerprint density at radius 3 is 1.56 bits per heavy atom. The van der Waals surface area contributed by atoms with E-state index in [4.69, 9.17) is 46.1 Å². The van der Waals surface area contributed by atoms with Crippen molar-refractivity contribution < 1.29 is 51.2 Å². The second-order valence-electron chi connectivity index (χ2n) is 24.4. The van der Waals surface area contributed by atoms with Gasteiger partial charge in [-0.05, 0) is 132 Å². The summed E-state index contributed by atoms with van der Waals surface area (Å²) in [6.07, 6.45) is 5.35. The summed E-state index contributed by atoms with van der Waals surface area (Å²) in [4.78, 5) is 0. The fraction of sp³-hybridized carbons (Fsp3) is 1.00. The molecule has 17 atom stereocenters. The van der Waals surface area contributed by atoms with Crippen molar-refractivity contribution in [2.24, 2.45) is 5.92 Å². The van der Waals surface area contributed by atoms with E-state index < -0.39 is 50.1 Å². The molecule has 71 heavy (non-hydrogen) atoms. The van der Waals surface area contributed by atoms with Crippen LogP contribution in [0, 0.1) is 5.92 Å². The molecular formula is C56H110O11Si4. The van der Waals surface area contributed by atoms with Crippen molar-refractivity contribution in [1.29, 1.82) is 0 Å². The van der Waals surface area contributed by atoms with Gasteiger partial charge >= 0.3 is 0 Å². The van der Waals surface area contributed by atoms with Gasteiger partial charge in [-0.1, -0.05) is 90.0 Å². The third-order valence-corrected chi connectivity index (χ3v) is 39.6. The molecule has 6 aliphatic heterocycles. The van der Waals surface area contributed by atoms with Gasteiger partial charge in [-0.15, -0.1) is 0 Å². The predicted molar refractivity (Wildman–Crippen MR) is 298 cm³/mol. The van der Waals surface area contributed by atoms with Crippen molar-refractivity contribution in [1.82, 2.24) is 0 Å². The topological polar surface area (TPSA) is 113 Å². The summed E-state index contributed by atoms with van der Waals surface area (Å²) in [6, 6.07) is 13.0. The Morgan fingerprint density at radius 2 is 1.01 bits per heavy atom. The van der Waals surface area contributed by atoms with E-state index in [2.05, 4.69) is 118 Å². The Kier molecular flexibility index (Phi) is 21.4. The highest BCUT2D eigenvalue weighted by Gasteiger charge is 2.61. The van der Waals surface area contributed by atoms with Crippen LogP contribution in [-0.2, 0) is 46.1 Å². The summed E-state index contributed by atoms with van der Waals surface area (Å²) in [5, 5.41) is 10.3. The van der Waals surface area contributed by atoms with Crippen LogP contribution in [0.4, 0.5) is 0 Å². The van der Waals surface area contributed by atoms with Gasteiger partial charge in [-0.25, -0.2) is 0 Å². The zero-order chi connectivity index (χ0) is 52.2. The first kappa shape index (κ1) is 60.7. The van der Waals surface area contributed by atoms with Crippen molar-refractivity contribution in [3.05, 3.63) is 0 Å². The van der Waals surface area contributed by atoms with Gasteiger partial charge in [0.2, 0.25) is 0 Å². The maximum absolute atomic E-state index is 10.3. The quantitative estimate of drug-likeness (QED) is 0.0933. The van der Waals surface area contributed by atoms with E-state index in [0.29, 0.717) is 19.3 Å². The van der Waals surface area contributed by atoms with Gasteiger partial charge in [-0.3, -0.25) is 0 Å². The van der Waals surface area contributed by atoms with Crippen LogP contribution < -0.4 is 0 Å². The van der Waals surface area contributed by atoms with E-state index in [9.17, 15) is 5.11 Å². The molecule has 0 bridgehead atoms. The molecule has 0 saturated carbocycles. The van der Waals surface area contributed by atoms with Gasteiger partial charge in [0.25, 0.3) is 0 Å². The highest BCUT2D eigenvalue weighted by atomic mass is 28.4. The normalized spacial score (nSPS) is 40.5. The van der Waals surface area contributed by atoms with Crippen molar-refractivity contribution >= 4 is 33.3 Å². The average Bonchev–Trinajstić information content (AvgIpc) is 3.58. The molecule has 6 rings (SSSR count). The first-order valence-electron chi connectivity index (χ1n) is 30.0. The van der Waals surface area contributed by atoms with Crippen molar-refractivity contribution in [2.75, 3.05) is 6.61 Å². The van der Waals surface area contributed by atoms with E-state index in [1.165, 1.54) is 0 Å². The number of hydrogen-bond acceptors (Lipinski definition) is 11. The summed E-state index contributed by atoms with van der Waals surface area (Å²) in [5.74, 6) is 0.101. The fourth-order valence-corrected chi connectivity index (χ4v) is 26.3. The number of rotatable bonds is 24. The Morgan fingerprint density at radius 1 is 0.507 bits per heavy atom. The molecule has 15 heteroatoms. The van der Waals surface area contributed by atoms with Crippen LogP contribution in [0.2, 0.25) is 72.5 Å². The first-order chi connectivity index (χ1) is 33.7. The van der Waals surface area contributed by atoms with E-state index in [0.717, 1.165) is 111 Å². The number of hydrogen-bond donors (Lipinski definition) is 1. The molecule has 6 aliphatic rings. The summed E-state index contributed by atoms with van der Waals surface area (Å²) in [6.45, 7) is 39.4. The Balaban J connectivity index is 1.35. The molecule has 0 spiro atoms. The van der Waals surface area contributed by atoms with Crippen LogP contribution in [0.25, 0.3) is 0 Å². The third kappa shape index (κ3) is 12.7. The monoisotopic (exact) mass is 1070 g/mol. The standard InChI is InChI=1S/C56H110O11Si4/c1-18-68(19-2,20-3)64-45-37-49-54(15,61-41(45)14)33-30-44-52(60-49)47(65-69(21-4,22-5)23-6)36-42(58-44)39-56(17)48(66-70(24-7,25-8)26-9)31-34-55(16)50(62-56)38-46-53(63-55)51(40(13)43(59-46)32-35-57)67-71(27-10,28-11)29-12/h40-53,57H,18-39H2,1-17H3/t40-,41-,42-,43+,44-,45+,46-,47+,48+,49-,50+,51+,52-,53-,54+,55-,56-/m1/s1. The molecule has 6 fully saturated rings. The fourth-order valence-electron chi connectivity index (χ4n) is 14.6. The SMILES string of the molecule is CC[Si](CC)(CC)O[C@H]1[C@H](C)[C@H](CCO)O[C@@H]2C[C@@H]3O[C@](C)(C[C@H]4C[C@H](O[Si](CC)(CC)CC)[C@@H]5O[C@@H]6C[C@H](O[Si](CC)(CC)CC)[C@@H](C)O[C@@]6(C)CC[C@H]5O4)[C@@H](O[Si](CC)(CC)CC)CC[C@@]3(C)O[C@@H]12. The smallest absolute Gasteiger partial charge is 0.192 e. The molecule has 0 aromatic heterocycles. The van der Waals surface area contributed by atoms with Crippen LogP contribution >= 0.6 is 0 Å². The number of fused-ring (bicyclic) bond motifs is 4. The van der Waals surface area contributed by atoms with Crippen molar-refractivity contribution in [3.8, 4) is 0 Å². The molecule has 0 aromatic rings. The lowest BCUT2D eigenvalue weighted by Crippen LogP contribution is -2.66. The minimum absolute atomic E-state index is 0.00241. The molecule has 1 N–H and O–H groups in total. The summed E-state index contributed by atoms with van der Waals surface area (Å²) in [7, 11) is -8.09. The zero-order valence-corrected chi connectivity index (χ0v) is 52.7. The predicted octanol–water partition coefficient (Wildman–Crippen LogP) is 13.5. The average molecular weight is 1070 g/mol. The lowest BCUT2D eigenvalue weighted by molar-refractivity contribution is -0.310. The van der Waals surface area contributed by atoms with E-state index >= 15 is 0 Å². The second-order valence-corrected chi connectivity index (χ2v) is 43.3. The Bertz CT molecular complexity index is 1600. The molecule has 0 aliphatic carbocycles. The van der Waals surface area contributed by atoms with Crippen LogP contribution in [-0.4, -0.2) is 141 Å². The van der Waals surface area contributed by atoms with E-state index in [1.54, 1.807) is 0 Å². The first-order valence-corrected chi connectivity index (χ1v) is 40.2. The van der Waals surface area contributed by atoms with Crippen LogP contribution in [0.15, 0.2) is 0 Å². The van der Waals surface area contributed by atoms with Crippen LogP contribution in [0.3, 0.4) is 0 Å². The molecule has 0 aromatic carbocycles. The Labute approximate surface area is 439 Å². The van der Waals surface area contributed by atoms with Gasteiger partial charge < -0.3 is 51.2 Å². The highest BCUT2D eigenvalue weighted by Crippen LogP contribution is 2.52. The van der Waals surface area contributed by atoms with Gasteiger partial charge in [0, 0.05) is 38.2 Å². The minimum atomic E-state index is -2.11. The van der Waals surface area contributed by atoms with Gasteiger partial charge in [0.15, 0.2) is 33.3 Å².